The molecular weight excluding hydrogens is 190 g/mol. The van der Waals surface area contributed by atoms with Crippen LogP contribution < -0.4 is 10.5 Å². The first-order valence-corrected chi connectivity index (χ1v) is 5.98. The van der Waals surface area contributed by atoms with Crippen molar-refractivity contribution in [1.29, 1.82) is 0 Å². The molecule has 1 aliphatic heterocycles. The fraction of sp³-hybridized carbons (Fsp3) is 1.00. The van der Waals surface area contributed by atoms with Crippen molar-refractivity contribution in [2.75, 3.05) is 13.6 Å². The van der Waals surface area contributed by atoms with Crippen molar-refractivity contribution in [3.8, 4) is 0 Å². The fourth-order valence-electron chi connectivity index (χ4n) is 1.52. The van der Waals surface area contributed by atoms with E-state index in [1.54, 1.807) is 0 Å². The predicted molar refractivity (Wildman–Crippen MR) is 51.1 cm³/mol. The number of hydrogen-bond donors (Lipinski definition) is 2. The SMILES string of the molecule is CNS(=O)(=O)N1CCCCCC1N. The standard InChI is InChI=1S/C7H17N3O2S/c1-9-13(11,12)10-6-4-2-3-5-7(10)8/h7,9H,2-6,8H2,1H3. The molecule has 1 heterocycles. The highest BCUT2D eigenvalue weighted by Gasteiger charge is 2.27. The zero-order valence-electron chi connectivity index (χ0n) is 7.86. The maximum Gasteiger partial charge on any atom is 0.280 e. The molecule has 1 fully saturated rings. The molecule has 3 N–H and O–H groups in total. The first-order valence-electron chi connectivity index (χ1n) is 4.54. The Morgan fingerprint density at radius 2 is 2.08 bits per heavy atom. The summed E-state index contributed by atoms with van der Waals surface area (Å²) in [7, 11) is -1.93. The third-order valence-corrected chi connectivity index (χ3v) is 3.90. The minimum absolute atomic E-state index is 0.361. The van der Waals surface area contributed by atoms with E-state index in [1.165, 1.54) is 11.4 Å². The number of nitrogens with one attached hydrogen (secondary N) is 1. The molecule has 0 radical (unpaired) electrons. The van der Waals surface area contributed by atoms with Gasteiger partial charge in [0.05, 0.1) is 6.17 Å². The lowest BCUT2D eigenvalue weighted by Crippen LogP contribution is -2.49. The summed E-state index contributed by atoms with van der Waals surface area (Å²) in [4.78, 5) is 0. The molecule has 0 bridgehead atoms. The van der Waals surface area contributed by atoms with Crippen molar-refractivity contribution in [2.45, 2.75) is 31.8 Å². The second kappa shape index (κ2) is 4.36. The Hall–Kier alpha value is -0.170. The number of hydrogen-bond acceptors (Lipinski definition) is 3. The Morgan fingerprint density at radius 3 is 2.69 bits per heavy atom. The molecule has 13 heavy (non-hydrogen) atoms. The molecular formula is C7H17N3O2S. The van der Waals surface area contributed by atoms with Crippen LogP contribution in [0.3, 0.4) is 0 Å². The molecule has 1 unspecified atom stereocenters. The van der Waals surface area contributed by atoms with Gasteiger partial charge in [-0.15, -0.1) is 0 Å². The van der Waals surface area contributed by atoms with Crippen molar-refractivity contribution in [3.05, 3.63) is 0 Å². The Bertz CT molecular complexity index is 252. The largest absolute Gasteiger partial charge is 0.315 e. The van der Waals surface area contributed by atoms with E-state index in [9.17, 15) is 8.42 Å². The summed E-state index contributed by atoms with van der Waals surface area (Å²) in [6, 6.07) is 0. The maximum absolute atomic E-state index is 11.5. The van der Waals surface area contributed by atoms with Gasteiger partial charge < -0.3 is 5.73 Å². The topological polar surface area (TPSA) is 75.4 Å². The normalized spacial score (nSPS) is 27.1. The second-order valence-electron chi connectivity index (χ2n) is 3.24. The lowest BCUT2D eigenvalue weighted by molar-refractivity contribution is 0.326. The first kappa shape index (κ1) is 10.9. The minimum atomic E-state index is -3.34. The van der Waals surface area contributed by atoms with E-state index in [0.717, 1.165) is 25.7 Å². The maximum atomic E-state index is 11.5. The lowest BCUT2D eigenvalue weighted by Gasteiger charge is -2.24. The first-order chi connectivity index (χ1) is 6.08. The van der Waals surface area contributed by atoms with Crippen LogP contribution in [0, 0.1) is 0 Å². The molecule has 0 aromatic heterocycles. The summed E-state index contributed by atoms with van der Waals surface area (Å²) >= 11 is 0. The summed E-state index contributed by atoms with van der Waals surface area (Å²) in [5.74, 6) is 0. The summed E-state index contributed by atoms with van der Waals surface area (Å²) < 4.78 is 26.5. The van der Waals surface area contributed by atoms with E-state index in [1.807, 2.05) is 0 Å². The van der Waals surface area contributed by atoms with E-state index < -0.39 is 10.2 Å². The summed E-state index contributed by atoms with van der Waals surface area (Å²) in [5.41, 5.74) is 5.75. The van der Waals surface area contributed by atoms with Gasteiger partial charge in [-0.25, -0.2) is 4.72 Å². The molecule has 0 amide bonds. The molecule has 78 valence electrons. The van der Waals surface area contributed by atoms with Gasteiger partial charge in [-0.1, -0.05) is 12.8 Å². The van der Waals surface area contributed by atoms with Crippen LogP contribution >= 0.6 is 0 Å². The van der Waals surface area contributed by atoms with Gasteiger partial charge in [0.15, 0.2) is 0 Å². The van der Waals surface area contributed by atoms with E-state index >= 15 is 0 Å². The van der Waals surface area contributed by atoms with Gasteiger partial charge in [0, 0.05) is 13.6 Å². The van der Waals surface area contributed by atoms with E-state index in [0.29, 0.717) is 6.54 Å². The third kappa shape index (κ3) is 2.63. The average Bonchev–Trinajstić information content (AvgIpc) is 2.30. The molecule has 1 aliphatic rings. The molecule has 1 atom stereocenters. The lowest BCUT2D eigenvalue weighted by atomic mass is 10.2. The van der Waals surface area contributed by atoms with Crippen molar-refractivity contribution in [2.24, 2.45) is 5.73 Å². The third-order valence-electron chi connectivity index (χ3n) is 2.31. The van der Waals surface area contributed by atoms with Crippen molar-refractivity contribution < 1.29 is 8.42 Å². The molecule has 1 rings (SSSR count). The van der Waals surface area contributed by atoms with Gasteiger partial charge in [-0.3, -0.25) is 0 Å². The fourth-order valence-corrected chi connectivity index (χ4v) is 2.59. The highest BCUT2D eigenvalue weighted by atomic mass is 32.2. The Balaban J connectivity index is 2.75. The summed E-state index contributed by atoms with van der Waals surface area (Å²) in [5, 5.41) is 0. The van der Waals surface area contributed by atoms with Gasteiger partial charge >= 0.3 is 0 Å². The van der Waals surface area contributed by atoms with Crippen molar-refractivity contribution in [1.82, 2.24) is 9.03 Å². The molecule has 0 aliphatic carbocycles. The van der Waals surface area contributed by atoms with E-state index in [-0.39, 0.29) is 6.17 Å². The van der Waals surface area contributed by atoms with Crippen LogP contribution in [0.5, 0.6) is 0 Å². The molecule has 0 aromatic carbocycles. The Kier molecular flexibility index (Phi) is 3.66. The van der Waals surface area contributed by atoms with Crippen LogP contribution in [0.25, 0.3) is 0 Å². The number of nitrogens with two attached hydrogens (primary N) is 1. The predicted octanol–water partition coefficient (Wildman–Crippen LogP) is -0.389. The monoisotopic (exact) mass is 207 g/mol. The summed E-state index contributed by atoms with van der Waals surface area (Å²) in [6.45, 7) is 0.532. The summed E-state index contributed by atoms with van der Waals surface area (Å²) in [6.07, 6.45) is 3.36. The Labute approximate surface area is 79.5 Å². The zero-order valence-corrected chi connectivity index (χ0v) is 8.68. The molecule has 1 saturated heterocycles. The van der Waals surface area contributed by atoms with Gasteiger partial charge in [-0.05, 0) is 12.8 Å². The average molecular weight is 207 g/mol. The highest BCUT2D eigenvalue weighted by Crippen LogP contribution is 2.15. The van der Waals surface area contributed by atoms with Crippen LogP contribution in [0.1, 0.15) is 25.7 Å². The van der Waals surface area contributed by atoms with Gasteiger partial charge in [-0.2, -0.15) is 12.7 Å². The molecule has 0 aromatic rings. The van der Waals surface area contributed by atoms with Gasteiger partial charge in [0.25, 0.3) is 10.2 Å². The van der Waals surface area contributed by atoms with Crippen LogP contribution in [-0.2, 0) is 10.2 Å². The van der Waals surface area contributed by atoms with Crippen molar-refractivity contribution in [3.63, 3.8) is 0 Å². The van der Waals surface area contributed by atoms with Gasteiger partial charge in [0.2, 0.25) is 0 Å². The van der Waals surface area contributed by atoms with Crippen LogP contribution in [-0.4, -0.2) is 32.5 Å². The molecule has 0 spiro atoms. The van der Waals surface area contributed by atoms with Crippen molar-refractivity contribution >= 4 is 10.2 Å². The molecule has 6 heteroatoms. The number of rotatable bonds is 2. The van der Waals surface area contributed by atoms with E-state index in [4.69, 9.17) is 5.73 Å². The van der Waals surface area contributed by atoms with E-state index in [2.05, 4.69) is 4.72 Å². The second-order valence-corrected chi connectivity index (χ2v) is 5.06. The van der Waals surface area contributed by atoms with Crippen LogP contribution in [0.2, 0.25) is 0 Å². The molecule has 5 nitrogen and oxygen atoms in total. The Morgan fingerprint density at radius 1 is 1.38 bits per heavy atom. The van der Waals surface area contributed by atoms with Gasteiger partial charge in [0.1, 0.15) is 0 Å². The quantitative estimate of drug-likeness (QED) is 0.647. The van der Waals surface area contributed by atoms with Crippen LogP contribution in [0.15, 0.2) is 0 Å². The van der Waals surface area contributed by atoms with Crippen LogP contribution in [0.4, 0.5) is 0 Å². The highest BCUT2D eigenvalue weighted by molar-refractivity contribution is 7.87. The minimum Gasteiger partial charge on any atom is -0.315 e. The smallest absolute Gasteiger partial charge is 0.280 e. The zero-order chi connectivity index (χ0) is 9.90. The number of nitrogens with zero attached hydrogens (tertiary/aromatic N) is 1. The molecule has 0 saturated carbocycles.